The van der Waals surface area contributed by atoms with Crippen LogP contribution in [0.2, 0.25) is 0 Å². The number of carbonyl (C=O) groups is 1. The summed E-state index contributed by atoms with van der Waals surface area (Å²) in [6.07, 6.45) is 0. The number of hydrogen-bond acceptors (Lipinski definition) is 2. The zero-order chi connectivity index (χ0) is 14.8. The summed E-state index contributed by atoms with van der Waals surface area (Å²) < 4.78 is 5.37. The van der Waals surface area contributed by atoms with Crippen molar-refractivity contribution in [2.45, 2.75) is 33.1 Å². The van der Waals surface area contributed by atoms with E-state index in [4.69, 9.17) is 4.74 Å². The molecule has 0 aliphatic carbocycles. The maximum absolute atomic E-state index is 12.0. The van der Waals surface area contributed by atoms with Crippen LogP contribution < -0.4 is 4.74 Å². The standard InChI is InChI=1S/C18H20O2/c1-13-5-7-14(8-6-13)17(19)20-16-11-9-15(10-12-16)18(2,3)4/h5-12H,1-4H3. The van der Waals surface area contributed by atoms with Gasteiger partial charge in [-0.2, -0.15) is 0 Å². The molecule has 2 aromatic carbocycles. The van der Waals surface area contributed by atoms with E-state index in [1.165, 1.54) is 5.56 Å². The van der Waals surface area contributed by atoms with E-state index in [2.05, 4.69) is 20.8 Å². The highest BCUT2D eigenvalue weighted by atomic mass is 16.5. The van der Waals surface area contributed by atoms with E-state index in [-0.39, 0.29) is 11.4 Å². The Labute approximate surface area is 120 Å². The molecule has 0 heterocycles. The Morgan fingerprint density at radius 1 is 0.900 bits per heavy atom. The summed E-state index contributed by atoms with van der Waals surface area (Å²) in [5.41, 5.74) is 3.00. The van der Waals surface area contributed by atoms with Gasteiger partial charge in [-0.3, -0.25) is 0 Å². The second kappa shape index (κ2) is 5.49. The first kappa shape index (κ1) is 14.3. The van der Waals surface area contributed by atoms with Gasteiger partial charge in [0, 0.05) is 0 Å². The van der Waals surface area contributed by atoms with Gasteiger partial charge in [-0.15, -0.1) is 0 Å². The van der Waals surface area contributed by atoms with Gasteiger partial charge in [0.2, 0.25) is 0 Å². The normalized spacial score (nSPS) is 11.2. The maximum Gasteiger partial charge on any atom is 0.343 e. The van der Waals surface area contributed by atoms with E-state index in [1.54, 1.807) is 12.1 Å². The molecule has 0 spiro atoms. The minimum absolute atomic E-state index is 0.0967. The van der Waals surface area contributed by atoms with Gasteiger partial charge in [0.25, 0.3) is 0 Å². The van der Waals surface area contributed by atoms with Crippen molar-refractivity contribution in [2.24, 2.45) is 0 Å². The van der Waals surface area contributed by atoms with Crippen molar-refractivity contribution in [3.8, 4) is 5.75 Å². The molecule has 2 aromatic rings. The second-order valence-electron chi connectivity index (χ2n) is 6.03. The van der Waals surface area contributed by atoms with E-state index in [0.29, 0.717) is 11.3 Å². The number of ether oxygens (including phenoxy) is 1. The fourth-order valence-corrected chi connectivity index (χ4v) is 1.88. The summed E-state index contributed by atoms with van der Waals surface area (Å²) in [5, 5.41) is 0. The molecule has 2 rings (SSSR count). The highest BCUT2D eigenvalue weighted by Gasteiger charge is 2.14. The Morgan fingerprint density at radius 3 is 1.95 bits per heavy atom. The molecule has 0 saturated heterocycles. The van der Waals surface area contributed by atoms with Crippen LogP contribution in [-0.4, -0.2) is 5.97 Å². The lowest BCUT2D eigenvalue weighted by atomic mass is 9.87. The van der Waals surface area contributed by atoms with Crippen molar-refractivity contribution in [2.75, 3.05) is 0 Å². The first-order valence-electron chi connectivity index (χ1n) is 6.76. The van der Waals surface area contributed by atoms with Gasteiger partial charge in [-0.25, -0.2) is 4.79 Å². The van der Waals surface area contributed by atoms with Crippen LogP contribution >= 0.6 is 0 Å². The first-order chi connectivity index (χ1) is 9.36. The molecule has 0 saturated carbocycles. The molecule has 0 aliphatic heterocycles. The van der Waals surface area contributed by atoms with Crippen LogP contribution in [0.4, 0.5) is 0 Å². The van der Waals surface area contributed by atoms with Crippen molar-refractivity contribution in [1.29, 1.82) is 0 Å². The van der Waals surface area contributed by atoms with Crippen LogP contribution in [0.1, 0.15) is 42.3 Å². The summed E-state index contributed by atoms with van der Waals surface area (Å²) in [6, 6.07) is 15.0. The van der Waals surface area contributed by atoms with E-state index < -0.39 is 0 Å². The lowest BCUT2D eigenvalue weighted by Crippen LogP contribution is -2.11. The molecule has 0 N–H and O–H groups in total. The van der Waals surface area contributed by atoms with Gasteiger partial charge < -0.3 is 4.74 Å². The predicted molar refractivity (Wildman–Crippen MR) is 81.3 cm³/mol. The number of carbonyl (C=O) groups excluding carboxylic acids is 1. The summed E-state index contributed by atoms with van der Waals surface area (Å²) in [5.74, 6) is 0.247. The molecule has 2 nitrogen and oxygen atoms in total. The molecular formula is C18H20O2. The van der Waals surface area contributed by atoms with E-state index >= 15 is 0 Å². The van der Waals surface area contributed by atoms with Gasteiger partial charge in [0.1, 0.15) is 5.75 Å². The van der Waals surface area contributed by atoms with Crippen LogP contribution in [-0.2, 0) is 5.41 Å². The molecule has 0 unspecified atom stereocenters. The van der Waals surface area contributed by atoms with E-state index in [9.17, 15) is 4.79 Å². The second-order valence-corrected chi connectivity index (χ2v) is 6.03. The van der Waals surface area contributed by atoms with Crippen LogP contribution in [0.5, 0.6) is 5.75 Å². The van der Waals surface area contributed by atoms with Gasteiger partial charge in [0.15, 0.2) is 0 Å². The van der Waals surface area contributed by atoms with Crippen LogP contribution in [0, 0.1) is 6.92 Å². The van der Waals surface area contributed by atoms with Gasteiger partial charge in [0.05, 0.1) is 5.56 Å². The summed E-state index contributed by atoms with van der Waals surface area (Å²) >= 11 is 0. The zero-order valence-corrected chi connectivity index (χ0v) is 12.4. The van der Waals surface area contributed by atoms with E-state index in [0.717, 1.165) is 5.56 Å². The average Bonchev–Trinajstić information content (AvgIpc) is 2.39. The molecule has 2 heteroatoms. The molecule has 0 fully saturated rings. The molecule has 0 atom stereocenters. The Hall–Kier alpha value is -2.09. The Morgan fingerprint density at radius 2 is 1.45 bits per heavy atom. The molecule has 104 valence electrons. The monoisotopic (exact) mass is 268 g/mol. The molecule has 0 aromatic heterocycles. The van der Waals surface area contributed by atoms with Crippen molar-refractivity contribution in [3.63, 3.8) is 0 Å². The van der Waals surface area contributed by atoms with Crippen LogP contribution in [0.3, 0.4) is 0 Å². The molecule has 20 heavy (non-hydrogen) atoms. The topological polar surface area (TPSA) is 26.3 Å². The van der Waals surface area contributed by atoms with Gasteiger partial charge in [-0.05, 0) is 42.2 Å². The summed E-state index contributed by atoms with van der Waals surface area (Å²) in [7, 11) is 0. The summed E-state index contributed by atoms with van der Waals surface area (Å²) in [6.45, 7) is 8.45. The number of benzene rings is 2. The Kier molecular flexibility index (Phi) is 3.93. The molecule has 0 bridgehead atoms. The average molecular weight is 268 g/mol. The molecule has 0 radical (unpaired) electrons. The number of rotatable bonds is 2. The zero-order valence-electron chi connectivity index (χ0n) is 12.4. The fraction of sp³-hybridized carbons (Fsp3) is 0.278. The van der Waals surface area contributed by atoms with Crippen LogP contribution in [0.15, 0.2) is 48.5 Å². The van der Waals surface area contributed by atoms with E-state index in [1.807, 2.05) is 43.3 Å². The third-order valence-electron chi connectivity index (χ3n) is 3.22. The molecular weight excluding hydrogens is 248 g/mol. The minimum Gasteiger partial charge on any atom is -0.423 e. The fourth-order valence-electron chi connectivity index (χ4n) is 1.88. The third-order valence-corrected chi connectivity index (χ3v) is 3.22. The summed E-state index contributed by atoms with van der Waals surface area (Å²) in [4.78, 5) is 12.0. The largest absolute Gasteiger partial charge is 0.423 e. The molecule has 0 aliphatic rings. The predicted octanol–water partition coefficient (Wildman–Crippen LogP) is 4.51. The van der Waals surface area contributed by atoms with Crippen molar-refractivity contribution in [1.82, 2.24) is 0 Å². The highest BCUT2D eigenvalue weighted by Crippen LogP contribution is 2.24. The van der Waals surface area contributed by atoms with Gasteiger partial charge >= 0.3 is 5.97 Å². The third kappa shape index (κ3) is 3.47. The lowest BCUT2D eigenvalue weighted by Gasteiger charge is -2.19. The van der Waals surface area contributed by atoms with Crippen molar-refractivity contribution < 1.29 is 9.53 Å². The Bertz CT molecular complexity index is 587. The maximum atomic E-state index is 12.0. The smallest absolute Gasteiger partial charge is 0.343 e. The number of hydrogen-bond donors (Lipinski definition) is 0. The minimum atomic E-state index is -0.325. The van der Waals surface area contributed by atoms with Crippen molar-refractivity contribution in [3.05, 3.63) is 65.2 Å². The highest BCUT2D eigenvalue weighted by molar-refractivity contribution is 5.91. The first-order valence-corrected chi connectivity index (χ1v) is 6.76. The van der Waals surface area contributed by atoms with Crippen LogP contribution in [0.25, 0.3) is 0 Å². The number of esters is 1. The molecule has 0 amide bonds. The SMILES string of the molecule is Cc1ccc(C(=O)Oc2ccc(C(C)(C)C)cc2)cc1. The van der Waals surface area contributed by atoms with Crippen molar-refractivity contribution >= 4 is 5.97 Å². The lowest BCUT2D eigenvalue weighted by molar-refractivity contribution is 0.0734. The Balaban J connectivity index is 2.10. The quantitative estimate of drug-likeness (QED) is 0.591. The number of aryl methyl sites for hydroxylation is 1. The van der Waals surface area contributed by atoms with Gasteiger partial charge in [-0.1, -0.05) is 50.6 Å².